The minimum atomic E-state index is -1.17. The molecule has 1 fully saturated rings. The molecule has 0 saturated heterocycles. The summed E-state index contributed by atoms with van der Waals surface area (Å²) in [5.41, 5.74) is 5.34. The van der Waals surface area contributed by atoms with Gasteiger partial charge < -0.3 is 10.8 Å². The van der Waals surface area contributed by atoms with Crippen LogP contribution in [0.15, 0.2) is 24.3 Å². The molecule has 0 atom stereocenters. The second-order valence-electron chi connectivity index (χ2n) is 4.51. The maximum Gasteiger partial charge on any atom is 0.335 e. The first-order valence-corrected chi connectivity index (χ1v) is 6.24. The standard InChI is InChI=1S/C7H5NO4.C6H13N/c9-7(10)5-2-1-3-6(4-5)8(11)12;7-6-4-2-1-3-5-6/h1-4H,(H,9,10);6H,1-5,7H2. The van der Waals surface area contributed by atoms with E-state index in [1.54, 1.807) is 0 Å². The molecule has 0 bridgehead atoms. The highest BCUT2D eigenvalue weighted by Crippen LogP contribution is 2.14. The maximum atomic E-state index is 10.4. The largest absolute Gasteiger partial charge is 0.478 e. The van der Waals surface area contributed by atoms with Crippen molar-refractivity contribution >= 4 is 11.7 Å². The molecule has 19 heavy (non-hydrogen) atoms. The van der Waals surface area contributed by atoms with Crippen LogP contribution in [-0.4, -0.2) is 22.0 Å². The van der Waals surface area contributed by atoms with Gasteiger partial charge in [0.25, 0.3) is 5.69 Å². The number of rotatable bonds is 2. The number of hydrogen-bond acceptors (Lipinski definition) is 4. The average Bonchev–Trinajstić information content (AvgIpc) is 2.40. The lowest BCUT2D eigenvalue weighted by molar-refractivity contribution is -0.384. The first-order valence-electron chi connectivity index (χ1n) is 6.24. The van der Waals surface area contributed by atoms with E-state index in [1.165, 1.54) is 50.3 Å². The maximum absolute atomic E-state index is 10.4. The Morgan fingerprint density at radius 3 is 2.37 bits per heavy atom. The van der Waals surface area contributed by atoms with Crippen molar-refractivity contribution in [1.29, 1.82) is 0 Å². The number of hydrogen-bond donors (Lipinski definition) is 2. The minimum absolute atomic E-state index is 0.0794. The molecule has 0 heterocycles. The summed E-state index contributed by atoms with van der Waals surface area (Å²) in [6.45, 7) is 0. The van der Waals surface area contributed by atoms with Crippen LogP contribution in [0, 0.1) is 10.1 Å². The second-order valence-corrected chi connectivity index (χ2v) is 4.51. The fourth-order valence-electron chi connectivity index (χ4n) is 1.89. The smallest absolute Gasteiger partial charge is 0.335 e. The molecule has 1 aromatic rings. The Balaban J connectivity index is 0.000000218. The van der Waals surface area contributed by atoms with Gasteiger partial charge in [-0.2, -0.15) is 0 Å². The number of nitrogens with zero attached hydrogens (tertiary/aromatic N) is 1. The van der Waals surface area contributed by atoms with Gasteiger partial charge in [-0.3, -0.25) is 10.1 Å². The molecular weight excluding hydrogens is 248 g/mol. The Morgan fingerprint density at radius 1 is 1.32 bits per heavy atom. The summed E-state index contributed by atoms with van der Waals surface area (Å²) in [6, 6.07) is 5.43. The van der Waals surface area contributed by atoms with Crippen molar-refractivity contribution in [1.82, 2.24) is 0 Å². The zero-order chi connectivity index (χ0) is 14.3. The van der Waals surface area contributed by atoms with Crippen molar-refractivity contribution in [3.8, 4) is 0 Å². The van der Waals surface area contributed by atoms with Gasteiger partial charge in [0.15, 0.2) is 0 Å². The van der Waals surface area contributed by atoms with Gasteiger partial charge in [0.2, 0.25) is 0 Å². The molecule has 0 aliphatic heterocycles. The zero-order valence-corrected chi connectivity index (χ0v) is 10.6. The van der Waals surface area contributed by atoms with E-state index in [4.69, 9.17) is 10.8 Å². The number of carboxylic acids is 1. The van der Waals surface area contributed by atoms with Gasteiger partial charge in [0.05, 0.1) is 10.5 Å². The molecule has 1 saturated carbocycles. The summed E-state index contributed by atoms with van der Waals surface area (Å²) in [5, 5.41) is 18.7. The molecule has 1 aliphatic rings. The molecule has 0 unspecified atom stereocenters. The SMILES string of the molecule is NC1CCCCC1.O=C(O)c1cccc([N+](=O)[O-])c1. The molecule has 2 rings (SSSR count). The summed E-state index contributed by atoms with van der Waals surface area (Å²) in [6.07, 6.45) is 6.66. The van der Waals surface area contributed by atoms with Gasteiger partial charge in [-0.05, 0) is 18.9 Å². The van der Waals surface area contributed by atoms with E-state index < -0.39 is 10.9 Å². The molecule has 0 aromatic heterocycles. The van der Waals surface area contributed by atoms with E-state index >= 15 is 0 Å². The van der Waals surface area contributed by atoms with Crippen LogP contribution in [0.5, 0.6) is 0 Å². The van der Waals surface area contributed by atoms with Gasteiger partial charge in [-0.1, -0.05) is 25.3 Å². The molecule has 3 N–H and O–H groups in total. The van der Waals surface area contributed by atoms with Crippen LogP contribution in [0.4, 0.5) is 5.69 Å². The highest BCUT2D eigenvalue weighted by Gasteiger charge is 2.09. The van der Waals surface area contributed by atoms with Crippen molar-refractivity contribution in [2.45, 2.75) is 38.1 Å². The van der Waals surface area contributed by atoms with Crippen molar-refractivity contribution < 1.29 is 14.8 Å². The highest BCUT2D eigenvalue weighted by atomic mass is 16.6. The van der Waals surface area contributed by atoms with Crippen molar-refractivity contribution in [2.24, 2.45) is 5.73 Å². The Bertz CT molecular complexity index is 413. The van der Waals surface area contributed by atoms with Crippen LogP contribution < -0.4 is 5.73 Å². The first-order chi connectivity index (χ1) is 9.00. The normalized spacial score (nSPS) is 15.2. The summed E-state index contributed by atoms with van der Waals surface area (Å²) in [4.78, 5) is 19.9. The number of nitro benzene ring substituents is 1. The Hall–Kier alpha value is -1.95. The lowest BCUT2D eigenvalue weighted by atomic mass is 9.97. The molecule has 0 radical (unpaired) electrons. The van der Waals surface area contributed by atoms with E-state index in [-0.39, 0.29) is 11.3 Å². The summed E-state index contributed by atoms with van der Waals surface area (Å²) >= 11 is 0. The Morgan fingerprint density at radius 2 is 1.95 bits per heavy atom. The molecule has 1 aliphatic carbocycles. The predicted octanol–water partition coefficient (Wildman–Crippen LogP) is 2.57. The fraction of sp³-hybridized carbons (Fsp3) is 0.462. The van der Waals surface area contributed by atoms with Crippen molar-refractivity contribution in [3.63, 3.8) is 0 Å². The quantitative estimate of drug-likeness (QED) is 0.632. The van der Waals surface area contributed by atoms with Crippen LogP contribution in [0.25, 0.3) is 0 Å². The van der Waals surface area contributed by atoms with Crippen LogP contribution in [0.1, 0.15) is 42.5 Å². The van der Waals surface area contributed by atoms with Crippen molar-refractivity contribution in [3.05, 3.63) is 39.9 Å². The van der Waals surface area contributed by atoms with E-state index in [0.29, 0.717) is 6.04 Å². The second kappa shape index (κ2) is 7.48. The van der Waals surface area contributed by atoms with Crippen LogP contribution in [0.3, 0.4) is 0 Å². The van der Waals surface area contributed by atoms with Gasteiger partial charge in [-0.15, -0.1) is 0 Å². The Kier molecular flexibility index (Phi) is 5.95. The number of non-ortho nitro benzene ring substituents is 1. The third-order valence-corrected chi connectivity index (χ3v) is 2.95. The average molecular weight is 266 g/mol. The van der Waals surface area contributed by atoms with E-state index in [9.17, 15) is 14.9 Å². The zero-order valence-electron chi connectivity index (χ0n) is 10.6. The van der Waals surface area contributed by atoms with E-state index in [0.717, 1.165) is 6.07 Å². The summed E-state index contributed by atoms with van der Waals surface area (Å²) in [5.74, 6) is -1.17. The first kappa shape index (κ1) is 15.1. The molecule has 6 nitrogen and oxygen atoms in total. The lowest BCUT2D eigenvalue weighted by Gasteiger charge is -2.15. The molecule has 104 valence electrons. The highest BCUT2D eigenvalue weighted by molar-refractivity contribution is 5.88. The molecular formula is C13H18N2O4. The van der Waals surface area contributed by atoms with Gasteiger partial charge in [-0.25, -0.2) is 4.79 Å². The summed E-state index contributed by atoms with van der Waals surface area (Å²) in [7, 11) is 0. The number of carbonyl (C=O) groups is 1. The number of carboxylic acid groups (broad SMARTS) is 1. The predicted molar refractivity (Wildman–Crippen MR) is 71.1 cm³/mol. The summed E-state index contributed by atoms with van der Waals surface area (Å²) < 4.78 is 0. The topological polar surface area (TPSA) is 106 Å². The molecule has 6 heteroatoms. The van der Waals surface area contributed by atoms with Gasteiger partial charge in [0.1, 0.15) is 0 Å². The number of nitrogens with two attached hydrogens (primary N) is 1. The van der Waals surface area contributed by atoms with Gasteiger partial charge >= 0.3 is 5.97 Å². The third-order valence-electron chi connectivity index (χ3n) is 2.95. The van der Waals surface area contributed by atoms with Crippen LogP contribution in [0.2, 0.25) is 0 Å². The molecule has 0 amide bonds. The third kappa shape index (κ3) is 5.48. The van der Waals surface area contributed by atoms with E-state index in [2.05, 4.69) is 0 Å². The molecule has 0 spiro atoms. The minimum Gasteiger partial charge on any atom is -0.478 e. The number of nitro groups is 1. The number of aromatic carboxylic acids is 1. The monoisotopic (exact) mass is 266 g/mol. The van der Waals surface area contributed by atoms with Crippen LogP contribution in [-0.2, 0) is 0 Å². The van der Waals surface area contributed by atoms with Crippen LogP contribution >= 0.6 is 0 Å². The Labute approximate surface area is 111 Å². The fourth-order valence-corrected chi connectivity index (χ4v) is 1.89. The van der Waals surface area contributed by atoms with E-state index in [1.807, 2.05) is 0 Å². The molecule has 1 aromatic carbocycles. The number of benzene rings is 1. The lowest BCUT2D eigenvalue weighted by Crippen LogP contribution is -2.22. The van der Waals surface area contributed by atoms with Crippen molar-refractivity contribution in [2.75, 3.05) is 0 Å². The van der Waals surface area contributed by atoms with Gasteiger partial charge in [0, 0.05) is 18.2 Å².